The number of carbonyl (C=O) groups excluding carboxylic acids is 1. The topological polar surface area (TPSA) is 61.4 Å². The van der Waals surface area contributed by atoms with Crippen molar-refractivity contribution in [1.29, 1.82) is 0 Å². The zero-order valence-electron chi connectivity index (χ0n) is 20.3. The zero-order valence-corrected chi connectivity index (χ0v) is 21.1. The van der Waals surface area contributed by atoms with Crippen LogP contribution in [0.25, 0.3) is 17.0 Å². The monoisotopic (exact) mass is 477 g/mol. The molecular formula is C27H32ClN5O. The molecule has 178 valence electrons. The number of carbonyl (C=O) groups is 1. The molecule has 34 heavy (non-hydrogen) atoms. The summed E-state index contributed by atoms with van der Waals surface area (Å²) in [5.41, 5.74) is 4.49. The molecule has 1 saturated heterocycles. The molecule has 4 rings (SSSR count). The van der Waals surface area contributed by atoms with Crippen molar-refractivity contribution < 1.29 is 4.79 Å². The van der Waals surface area contributed by atoms with Gasteiger partial charge in [-0.3, -0.25) is 4.79 Å². The number of aryl methyl sites for hydroxylation is 2. The molecule has 3 aromatic rings. The highest BCUT2D eigenvalue weighted by Gasteiger charge is 2.22. The fraction of sp³-hybridized carbons (Fsp3) is 0.370. The summed E-state index contributed by atoms with van der Waals surface area (Å²) in [4.78, 5) is 26.6. The van der Waals surface area contributed by atoms with E-state index in [-0.39, 0.29) is 5.91 Å². The van der Waals surface area contributed by atoms with Crippen LogP contribution in [-0.4, -0.2) is 54.0 Å². The Balaban J connectivity index is 1.46. The number of rotatable bonds is 6. The first-order valence-electron chi connectivity index (χ1n) is 11.8. The summed E-state index contributed by atoms with van der Waals surface area (Å²) < 4.78 is 0. The number of aromatic nitrogens is 2. The summed E-state index contributed by atoms with van der Waals surface area (Å²) in [5, 5.41) is 4.51. The predicted molar refractivity (Wildman–Crippen MR) is 142 cm³/mol. The molecule has 2 heterocycles. The molecule has 0 saturated carbocycles. The number of fused-ring (bicyclic) bond motifs is 1. The smallest absolute Gasteiger partial charge is 0.248 e. The minimum absolute atomic E-state index is 0.214. The molecule has 1 aliphatic rings. The number of amides is 1. The van der Waals surface area contributed by atoms with Gasteiger partial charge in [0.25, 0.3) is 0 Å². The van der Waals surface area contributed by atoms with Crippen molar-refractivity contribution in [2.24, 2.45) is 0 Å². The molecule has 0 unspecified atom stereocenters. The van der Waals surface area contributed by atoms with Crippen LogP contribution in [0.15, 0.2) is 42.5 Å². The summed E-state index contributed by atoms with van der Waals surface area (Å²) >= 11 is 6.32. The lowest BCUT2D eigenvalue weighted by molar-refractivity contribution is -0.111. The summed E-state index contributed by atoms with van der Waals surface area (Å²) in [6.07, 6.45) is 6.38. The van der Waals surface area contributed by atoms with E-state index in [9.17, 15) is 4.79 Å². The molecule has 1 amide bonds. The SMILES string of the molecule is CCc1ccc(/C=C/C(=O)Nc2ccc3nc(N4CCC(N(C)C)CC4)nc(C)c3c2)c(Cl)c1. The fourth-order valence-corrected chi connectivity index (χ4v) is 4.61. The van der Waals surface area contributed by atoms with Crippen LogP contribution < -0.4 is 10.2 Å². The van der Waals surface area contributed by atoms with Crippen LogP contribution in [-0.2, 0) is 11.2 Å². The maximum Gasteiger partial charge on any atom is 0.248 e. The van der Waals surface area contributed by atoms with Crippen molar-refractivity contribution in [3.8, 4) is 0 Å². The quantitative estimate of drug-likeness (QED) is 0.486. The highest BCUT2D eigenvalue weighted by Crippen LogP contribution is 2.25. The van der Waals surface area contributed by atoms with E-state index in [0.29, 0.717) is 16.8 Å². The van der Waals surface area contributed by atoms with Gasteiger partial charge in [0.2, 0.25) is 11.9 Å². The Kier molecular flexibility index (Phi) is 7.49. The van der Waals surface area contributed by atoms with Gasteiger partial charge in [-0.05, 0) is 81.7 Å². The normalized spacial score (nSPS) is 14.9. The Bertz CT molecular complexity index is 1220. The van der Waals surface area contributed by atoms with Gasteiger partial charge in [0.1, 0.15) is 0 Å². The minimum Gasteiger partial charge on any atom is -0.341 e. The molecule has 2 aromatic carbocycles. The second kappa shape index (κ2) is 10.5. The molecule has 1 fully saturated rings. The summed E-state index contributed by atoms with van der Waals surface area (Å²) in [6, 6.07) is 12.3. The van der Waals surface area contributed by atoms with E-state index in [1.165, 1.54) is 11.6 Å². The van der Waals surface area contributed by atoms with E-state index >= 15 is 0 Å². The van der Waals surface area contributed by atoms with Crippen molar-refractivity contribution >= 4 is 46.1 Å². The van der Waals surface area contributed by atoms with Crippen molar-refractivity contribution in [2.75, 3.05) is 37.4 Å². The Morgan fingerprint density at radius 1 is 1.18 bits per heavy atom. The van der Waals surface area contributed by atoms with Gasteiger partial charge in [0.15, 0.2) is 0 Å². The van der Waals surface area contributed by atoms with E-state index in [0.717, 1.165) is 60.5 Å². The van der Waals surface area contributed by atoms with Gasteiger partial charge in [0.05, 0.1) is 11.2 Å². The largest absolute Gasteiger partial charge is 0.341 e. The fourth-order valence-electron chi connectivity index (χ4n) is 4.34. The molecule has 0 spiro atoms. The Labute approximate surface area is 206 Å². The average molecular weight is 478 g/mol. The number of hydrogen-bond acceptors (Lipinski definition) is 5. The number of nitrogens with zero attached hydrogens (tertiary/aromatic N) is 4. The molecule has 1 aliphatic heterocycles. The molecule has 0 radical (unpaired) electrons. The van der Waals surface area contributed by atoms with Crippen molar-refractivity contribution in [1.82, 2.24) is 14.9 Å². The van der Waals surface area contributed by atoms with Crippen LogP contribution in [0.4, 0.5) is 11.6 Å². The van der Waals surface area contributed by atoms with Crippen LogP contribution >= 0.6 is 11.6 Å². The molecule has 6 nitrogen and oxygen atoms in total. The van der Waals surface area contributed by atoms with Crippen LogP contribution in [0, 0.1) is 6.92 Å². The van der Waals surface area contributed by atoms with Gasteiger partial charge in [-0.2, -0.15) is 0 Å². The summed E-state index contributed by atoms with van der Waals surface area (Å²) in [6.45, 7) is 5.99. The molecular weight excluding hydrogens is 446 g/mol. The number of benzene rings is 2. The third-order valence-electron chi connectivity index (χ3n) is 6.51. The van der Waals surface area contributed by atoms with E-state index in [4.69, 9.17) is 21.6 Å². The Hall–Kier alpha value is -2.96. The molecule has 1 aromatic heterocycles. The third-order valence-corrected chi connectivity index (χ3v) is 6.83. The van der Waals surface area contributed by atoms with Gasteiger partial charge >= 0.3 is 0 Å². The lowest BCUT2D eigenvalue weighted by Crippen LogP contribution is -2.42. The number of piperidine rings is 1. The second-order valence-electron chi connectivity index (χ2n) is 9.05. The van der Waals surface area contributed by atoms with Gasteiger partial charge in [-0.15, -0.1) is 0 Å². The number of nitrogens with one attached hydrogen (secondary N) is 1. The molecule has 0 bridgehead atoms. The Morgan fingerprint density at radius 3 is 2.62 bits per heavy atom. The lowest BCUT2D eigenvalue weighted by atomic mass is 10.0. The van der Waals surface area contributed by atoms with Crippen LogP contribution in [0.2, 0.25) is 5.02 Å². The molecule has 1 N–H and O–H groups in total. The standard InChI is InChI=1S/C27H32ClN5O/c1-5-19-6-7-20(24(28)16-19)8-11-26(34)30-21-9-10-25-23(17-21)18(2)29-27(31-25)33-14-12-22(13-15-33)32(3)4/h6-11,16-17,22H,5,12-15H2,1-4H3,(H,30,34)/b11-8+. The minimum atomic E-state index is -0.214. The summed E-state index contributed by atoms with van der Waals surface area (Å²) in [7, 11) is 4.28. The number of anilines is 2. The van der Waals surface area contributed by atoms with Gasteiger partial charge in [-0.25, -0.2) is 9.97 Å². The van der Waals surface area contributed by atoms with Crippen molar-refractivity contribution in [3.05, 3.63) is 64.3 Å². The first-order chi connectivity index (χ1) is 16.3. The zero-order chi connectivity index (χ0) is 24.2. The van der Waals surface area contributed by atoms with Crippen LogP contribution in [0.1, 0.15) is 36.6 Å². The maximum atomic E-state index is 12.5. The first-order valence-corrected chi connectivity index (χ1v) is 12.2. The number of halogens is 1. The number of hydrogen-bond donors (Lipinski definition) is 1. The van der Waals surface area contributed by atoms with Crippen molar-refractivity contribution in [2.45, 2.75) is 39.2 Å². The predicted octanol–water partition coefficient (Wildman–Crippen LogP) is 5.34. The first kappa shape index (κ1) is 24.2. The molecule has 0 aliphatic carbocycles. The third kappa shape index (κ3) is 5.57. The van der Waals surface area contributed by atoms with Crippen molar-refractivity contribution in [3.63, 3.8) is 0 Å². The van der Waals surface area contributed by atoms with E-state index in [2.05, 4.69) is 36.1 Å². The van der Waals surface area contributed by atoms with Gasteiger partial charge < -0.3 is 15.1 Å². The Morgan fingerprint density at radius 2 is 1.94 bits per heavy atom. The lowest BCUT2D eigenvalue weighted by Gasteiger charge is -2.35. The van der Waals surface area contributed by atoms with Gasteiger partial charge in [0, 0.05) is 41.3 Å². The maximum absolute atomic E-state index is 12.5. The second-order valence-corrected chi connectivity index (χ2v) is 9.46. The van der Waals surface area contributed by atoms with Gasteiger partial charge in [-0.1, -0.05) is 30.7 Å². The highest BCUT2D eigenvalue weighted by atomic mass is 35.5. The van der Waals surface area contributed by atoms with E-state index in [1.807, 2.05) is 43.3 Å². The molecule has 7 heteroatoms. The van der Waals surface area contributed by atoms with Crippen LogP contribution in [0.5, 0.6) is 0 Å². The summed E-state index contributed by atoms with van der Waals surface area (Å²) in [5.74, 6) is 0.571. The van der Waals surface area contributed by atoms with Crippen LogP contribution in [0.3, 0.4) is 0 Å². The van der Waals surface area contributed by atoms with E-state index < -0.39 is 0 Å². The highest BCUT2D eigenvalue weighted by molar-refractivity contribution is 6.32. The van der Waals surface area contributed by atoms with E-state index in [1.54, 1.807) is 6.08 Å². The average Bonchev–Trinajstić information content (AvgIpc) is 2.83. The molecule has 0 atom stereocenters.